The highest BCUT2D eigenvalue weighted by Crippen LogP contribution is 2.37. The van der Waals surface area contributed by atoms with E-state index < -0.39 is 5.38 Å². The molecule has 1 aromatic carbocycles. The second-order valence-corrected chi connectivity index (χ2v) is 5.79. The molecule has 118 valence electrons. The fourth-order valence-electron chi connectivity index (χ4n) is 2.63. The zero-order valence-corrected chi connectivity index (χ0v) is 13.3. The van der Waals surface area contributed by atoms with Crippen LogP contribution in [0.5, 0.6) is 11.5 Å². The van der Waals surface area contributed by atoms with E-state index in [-0.39, 0.29) is 11.9 Å². The molecular formula is C16H22ClFO3. The molecule has 2 rings (SSSR count). The number of ether oxygens (including phenoxy) is 3. The molecule has 0 spiro atoms. The molecule has 1 aromatic rings. The van der Waals surface area contributed by atoms with Crippen molar-refractivity contribution in [2.24, 2.45) is 0 Å². The fourth-order valence-corrected chi connectivity index (χ4v) is 2.93. The van der Waals surface area contributed by atoms with Crippen molar-refractivity contribution >= 4 is 11.6 Å². The van der Waals surface area contributed by atoms with E-state index in [0.29, 0.717) is 23.5 Å². The first kappa shape index (κ1) is 16.4. The van der Waals surface area contributed by atoms with Gasteiger partial charge in [-0.05, 0) is 38.2 Å². The molecule has 2 unspecified atom stereocenters. The van der Waals surface area contributed by atoms with Crippen molar-refractivity contribution in [3.63, 3.8) is 0 Å². The summed E-state index contributed by atoms with van der Waals surface area (Å²) in [5.41, 5.74) is 0.449. The van der Waals surface area contributed by atoms with Crippen molar-refractivity contribution < 1.29 is 18.6 Å². The molecule has 1 aliphatic heterocycles. The van der Waals surface area contributed by atoms with Gasteiger partial charge in [-0.1, -0.05) is 0 Å². The monoisotopic (exact) mass is 316 g/mol. The quantitative estimate of drug-likeness (QED) is 0.725. The third-order valence-corrected chi connectivity index (χ3v) is 4.31. The van der Waals surface area contributed by atoms with Crippen LogP contribution in [-0.2, 0) is 4.74 Å². The minimum absolute atomic E-state index is 0.253. The summed E-state index contributed by atoms with van der Waals surface area (Å²) >= 11 is 6.36. The van der Waals surface area contributed by atoms with Crippen LogP contribution in [0.15, 0.2) is 12.1 Å². The molecule has 0 radical (unpaired) electrons. The van der Waals surface area contributed by atoms with Crippen molar-refractivity contribution in [2.75, 3.05) is 20.8 Å². The molecule has 0 amide bonds. The van der Waals surface area contributed by atoms with E-state index in [9.17, 15) is 4.39 Å². The Labute approximate surface area is 130 Å². The van der Waals surface area contributed by atoms with Gasteiger partial charge in [0.05, 0.1) is 25.7 Å². The largest absolute Gasteiger partial charge is 0.493 e. The third kappa shape index (κ3) is 4.24. The predicted octanol–water partition coefficient (Wildman–Crippen LogP) is 4.47. The van der Waals surface area contributed by atoms with Crippen LogP contribution in [0.25, 0.3) is 0 Å². The van der Waals surface area contributed by atoms with Crippen LogP contribution in [0.3, 0.4) is 0 Å². The topological polar surface area (TPSA) is 27.7 Å². The first-order chi connectivity index (χ1) is 10.2. The fraction of sp³-hybridized carbons (Fsp3) is 0.625. The molecule has 0 N–H and O–H groups in total. The van der Waals surface area contributed by atoms with Crippen LogP contribution in [0.1, 0.15) is 43.0 Å². The molecule has 1 saturated heterocycles. The summed E-state index contributed by atoms with van der Waals surface area (Å²) in [6.45, 7) is 0.822. The lowest BCUT2D eigenvalue weighted by Gasteiger charge is -2.23. The Morgan fingerprint density at radius 2 is 2.00 bits per heavy atom. The minimum atomic E-state index is -0.393. The van der Waals surface area contributed by atoms with E-state index in [0.717, 1.165) is 25.9 Å². The Kier molecular flexibility index (Phi) is 6.12. The number of hydrogen-bond acceptors (Lipinski definition) is 3. The molecule has 1 fully saturated rings. The van der Waals surface area contributed by atoms with Crippen molar-refractivity contribution in [3.05, 3.63) is 23.5 Å². The lowest BCUT2D eigenvalue weighted by molar-refractivity contribution is 0.00997. The van der Waals surface area contributed by atoms with Crippen molar-refractivity contribution in [3.8, 4) is 11.5 Å². The van der Waals surface area contributed by atoms with Gasteiger partial charge in [0, 0.05) is 18.2 Å². The van der Waals surface area contributed by atoms with E-state index in [1.807, 2.05) is 0 Å². The highest BCUT2D eigenvalue weighted by molar-refractivity contribution is 6.20. The Balaban J connectivity index is 2.02. The van der Waals surface area contributed by atoms with Crippen molar-refractivity contribution in [1.29, 1.82) is 0 Å². The van der Waals surface area contributed by atoms with Crippen LogP contribution in [-0.4, -0.2) is 26.9 Å². The first-order valence-corrected chi connectivity index (χ1v) is 7.76. The second-order valence-electron chi connectivity index (χ2n) is 5.26. The minimum Gasteiger partial charge on any atom is -0.493 e. The average Bonchev–Trinajstić information content (AvgIpc) is 2.53. The van der Waals surface area contributed by atoms with Gasteiger partial charge in [-0.3, -0.25) is 0 Å². The SMILES string of the molecule is COc1cc(F)c(C(Cl)CCC2CCCCO2)cc1OC. The molecule has 1 heterocycles. The van der Waals surface area contributed by atoms with E-state index in [4.69, 9.17) is 25.8 Å². The van der Waals surface area contributed by atoms with Gasteiger partial charge in [0.15, 0.2) is 11.5 Å². The lowest BCUT2D eigenvalue weighted by atomic mass is 10.0. The van der Waals surface area contributed by atoms with Gasteiger partial charge in [-0.25, -0.2) is 4.39 Å². The number of benzene rings is 1. The van der Waals surface area contributed by atoms with Crippen molar-refractivity contribution in [2.45, 2.75) is 43.6 Å². The molecule has 21 heavy (non-hydrogen) atoms. The molecule has 1 aliphatic rings. The van der Waals surface area contributed by atoms with Crippen LogP contribution in [0, 0.1) is 5.82 Å². The average molecular weight is 317 g/mol. The maximum atomic E-state index is 14.1. The molecule has 0 bridgehead atoms. The molecule has 0 aliphatic carbocycles. The number of alkyl halides is 1. The number of hydrogen-bond donors (Lipinski definition) is 0. The van der Waals surface area contributed by atoms with Crippen molar-refractivity contribution in [1.82, 2.24) is 0 Å². The molecule has 5 heteroatoms. The maximum Gasteiger partial charge on any atom is 0.163 e. The highest BCUT2D eigenvalue weighted by Gasteiger charge is 2.20. The van der Waals surface area contributed by atoms with Crippen LogP contribution in [0.4, 0.5) is 4.39 Å². The number of halogens is 2. The van der Waals surface area contributed by atoms with E-state index >= 15 is 0 Å². The Bertz CT molecular complexity index is 461. The van der Waals surface area contributed by atoms with E-state index in [2.05, 4.69) is 0 Å². The highest BCUT2D eigenvalue weighted by atomic mass is 35.5. The maximum absolute atomic E-state index is 14.1. The summed E-state index contributed by atoms with van der Waals surface area (Å²) in [5.74, 6) is 0.504. The predicted molar refractivity (Wildman–Crippen MR) is 80.9 cm³/mol. The standard InChI is InChI=1S/C16H22ClFO3/c1-19-15-9-12(14(18)10-16(15)20-2)13(17)7-6-11-5-3-4-8-21-11/h9-11,13H,3-8H2,1-2H3. The molecule has 0 saturated carbocycles. The second kappa shape index (κ2) is 7.85. The van der Waals surface area contributed by atoms with E-state index in [1.54, 1.807) is 6.07 Å². The smallest absolute Gasteiger partial charge is 0.163 e. The van der Waals surface area contributed by atoms with Gasteiger partial charge in [0.2, 0.25) is 0 Å². The molecular weight excluding hydrogens is 295 g/mol. The zero-order chi connectivity index (χ0) is 15.2. The van der Waals surface area contributed by atoms with Gasteiger partial charge in [-0.2, -0.15) is 0 Å². The Morgan fingerprint density at radius 1 is 1.29 bits per heavy atom. The summed E-state index contributed by atoms with van der Waals surface area (Å²) < 4.78 is 30.1. The van der Waals surface area contributed by atoms with Gasteiger partial charge in [0.1, 0.15) is 5.82 Å². The van der Waals surface area contributed by atoms with Gasteiger partial charge < -0.3 is 14.2 Å². The summed E-state index contributed by atoms with van der Waals surface area (Å²) in [5, 5.41) is -0.393. The van der Waals surface area contributed by atoms with Gasteiger partial charge in [-0.15, -0.1) is 11.6 Å². The summed E-state index contributed by atoms with van der Waals surface area (Å²) in [4.78, 5) is 0. The summed E-state index contributed by atoms with van der Waals surface area (Å²) in [6.07, 6.45) is 5.18. The third-order valence-electron chi connectivity index (χ3n) is 3.86. The Morgan fingerprint density at radius 3 is 2.62 bits per heavy atom. The Hall–Kier alpha value is -1.00. The normalized spacial score (nSPS) is 20.1. The molecule has 0 aromatic heterocycles. The van der Waals surface area contributed by atoms with Crippen LogP contribution in [0.2, 0.25) is 0 Å². The molecule has 2 atom stereocenters. The van der Waals surface area contributed by atoms with Gasteiger partial charge in [0.25, 0.3) is 0 Å². The molecule has 3 nitrogen and oxygen atoms in total. The summed E-state index contributed by atoms with van der Waals surface area (Å²) in [7, 11) is 3.01. The van der Waals surface area contributed by atoms with Gasteiger partial charge >= 0.3 is 0 Å². The van der Waals surface area contributed by atoms with E-state index in [1.165, 1.54) is 26.7 Å². The van der Waals surface area contributed by atoms with Crippen LogP contribution < -0.4 is 9.47 Å². The lowest BCUT2D eigenvalue weighted by Crippen LogP contribution is -2.19. The first-order valence-electron chi connectivity index (χ1n) is 7.32. The van der Waals surface area contributed by atoms with Crippen LogP contribution >= 0.6 is 11.6 Å². The zero-order valence-electron chi connectivity index (χ0n) is 12.5. The number of methoxy groups -OCH3 is 2. The summed E-state index contributed by atoms with van der Waals surface area (Å²) in [6, 6.07) is 2.94. The number of rotatable bonds is 6.